The van der Waals surface area contributed by atoms with Gasteiger partial charge in [0.2, 0.25) is 16.8 Å². The zero-order chi connectivity index (χ0) is 25.8. The summed E-state index contributed by atoms with van der Waals surface area (Å²) in [7, 11) is -3.97. The van der Waals surface area contributed by atoms with E-state index in [1.165, 1.54) is 34.6 Å². The molecule has 0 aromatic heterocycles. The molecule has 0 saturated carbocycles. The zero-order valence-electron chi connectivity index (χ0n) is 19.4. The third kappa shape index (κ3) is 7.47. The Balaban J connectivity index is 1.67. The number of sulfonamides is 1. The summed E-state index contributed by atoms with van der Waals surface area (Å²) in [6, 6.07) is 9.38. The Hall–Kier alpha value is -2.54. The van der Waals surface area contributed by atoms with Crippen molar-refractivity contribution in [1.29, 1.82) is 0 Å². The minimum Gasteiger partial charge on any atom is -0.484 e. The third-order valence-corrected chi connectivity index (χ3v) is 7.06. The van der Waals surface area contributed by atoms with Crippen molar-refractivity contribution in [3.63, 3.8) is 0 Å². The molecule has 0 aliphatic carbocycles. The molecule has 3 rings (SSSR count). The maximum Gasteiger partial charge on any atom is 0.422 e. The number of halogens is 3. The third-order valence-electron chi connectivity index (χ3n) is 5.23. The second-order valence-corrected chi connectivity index (χ2v) is 10.7. The lowest BCUT2D eigenvalue weighted by Gasteiger charge is -2.28. The van der Waals surface area contributed by atoms with Gasteiger partial charge in [-0.2, -0.15) is 17.5 Å². The number of aliphatic hydroxyl groups excluding tert-OH is 1. The van der Waals surface area contributed by atoms with Crippen molar-refractivity contribution in [2.24, 2.45) is 11.7 Å². The fraction of sp³-hybridized carbons (Fsp3) is 0.478. The standard InChI is InChI=1S/C23H29F3N2O6S/c1-15(2)11-28(35(30,31)18-7-8-21-22(10-18)34-14-33-21)12-20(29)19(27)9-16-3-5-17(6-4-16)32-13-23(24,25)26/h3-8,10,15,19-20,29H,9,11-14,27H2,1-2H3. The van der Waals surface area contributed by atoms with E-state index in [1.54, 1.807) is 12.1 Å². The van der Waals surface area contributed by atoms with Gasteiger partial charge in [0.25, 0.3) is 0 Å². The molecule has 0 bridgehead atoms. The monoisotopic (exact) mass is 518 g/mol. The van der Waals surface area contributed by atoms with Crippen molar-refractivity contribution in [3.8, 4) is 17.2 Å². The maximum absolute atomic E-state index is 13.3. The average Bonchev–Trinajstić information content (AvgIpc) is 3.25. The van der Waals surface area contributed by atoms with Crippen molar-refractivity contribution in [2.45, 2.75) is 43.5 Å². The van der Waals surface area contributed by atoms with E-state index in [1.807, 2.05) is 13.8 Å². The van der Waals surface area contributed by atoms with Crippen LogP contribution in [0.5, 0.6) is 17.2 Å². The number of hydrogen-bond acceptors (Lipinski definition) is 7. The van der Waals surface area contributed by atoms with Gasteiger partial charge in [-0.05, 0) is 42.2 Å². The first-order chi connectivity index (χ1) is 16.3. The molecule has 8 nitrogen and oxygen atoms in total. The van der Waals surface area contributed by atoms with Crippen LogP contribution in [0.1, 0.15) is 19.4 Å². The van der Waals surface area contributed by atoms with E-state index in [4.69, 9.17) is 15.2 Å². The van der Waals surface area contributed by atoms with Crippen molar-refractivity contribution in [2.75, 3.05) is 26.5 Å². The van der Waals surface area contributed by atoms with Crippen LogP contribution in [0.15, 0.2) is 47.4 Å². The van der Waals surface area contributed by atoms with E-state index < -0.39 is 35.0 Å². The van der Waals surface area contributed by atoms with E-state index in [9.17, 15) is 26.7 Å². The molecule has 1 aliphatic heterocycles. The Morgan fingerprint density at radius 2 is 1.74 bits per heavy atom. The van der Waals surface area contributed by atoms with Crippen molar-refractivity contribution < 1.29 is 40.9 Å². The number of benzene rings is 2. The smallest absolute Gasteiger partial charge is 0.422 e. The predicted octanol–water partition coefficient (Wildman–Crippen LogP) is 2.93. The van der Waals surface area contributed by atoms with Crippen LogP contribution < -0.4 is 19.9 Å². The summed E-state index contributed by atoms with van der Waals surface area (Å²) in [5.74, 6) is 0.816. The Labute approximate surface area is 202 Å². The fourth-order valence-corrected chi connectivity index (χ4v) is 5.14. The predicted molar refractivity (Wildman–Crippen MR) is 122 cm³/mol. The van der Waals surface area contributed by atoms with Crippen LogP contribution in [0.3, 0.4) is 0 Å². The van der Waals surface area contributed by atoms with E-state index in [0.717, 1.165) is 0 Å². The van der Waals surface area contributed by atoms with Crippen LogP contribution in [-0.2, 0) is 16.4 Å². The van der Waals surface area contributed by atoms with Crippen molar-refractivity contribution in [3.05, 3.63) is 48.0 Å². The molecule has 1 heterocycles. The first-order valence-corrected chi connectivity index (χ1v) is 12.4. The molecule has 0 saturated heterocycles. The van der Waals surface area contributed by atoms with Gasteiger partial charge in [0.05, 0.1) is 11.0 Å². The highest BCUT2D eigenvalue weighted by atomic mass is 32.2. The Morgan fingerprint density at radius 1 is 1.09 bits per heavy atom. The van der Waals surface area contributed by atoms with Crippen LogP contribution >= 0.6 is 0 Å². The first kappa shape index (κ1) is 27.1. The molecule has 0 radical (unpaired) electrons. The quantitative estimate of drug-likeness (QED) is 0.471. The molecule has 1 aliphatic rings. The molecule has 12 heteroatoms. The molecule has 0 fully saturated rings. The topological polar surface area (TPSA) is 111 Å². The molecular weight excluding hydrogens is 489 g/mol. The summed E-state index contributed by atoms with van der Waals surface area (Å²) in [6.07, 6.45) is -5.45. The number of hydrogen-bond donors (Lipinski definition) is 2. The van der Waals surface area contributed by atoms with Crippen LogP contribution in [0.2, 0.25) is 0 Å². The van der Waals surface area contributed by atoms with Gasteiger partial charge in [0, 0.05) is 25.2 Å². The number of nitrogens with two attached hydrogens (primary N) is 1. The summed E-state index contributed by atoms with van der Waals surface area (Å²) in [4.78, 5) is 0.0117. The molecule has 0 spiro atoms. The van der Waals surface area contributed by atoms with Crippen LogP contribution in [-0.4, -0.2) is 62.6 Å². The van der Waals surface area contributed by atoms with Gasteiger partial charge < -0.3 is 25.1 Å². The Morgan fingerprint density at radius 3 is 2.37 bits per heavy atom. The van der Waals surface area contributed by atoms with Gasteiger partial charge in [0.1, 0.15) is 5.75 Å². The van der Waals surface area contributed by atoms with Gasteiger partial charge in [0.15, 0.2) is 18.1 Å². The van der Waals surface area contributed by atoms with Gasteiger partial charge >= 0.3 is 6.18 Å². The summed E-state index contributed by atoms with van der Waals surface area (Å²) >= 11 is 0. The lowest BCUT2D eigenvalue weighted by Crippen LogP contribution is -2.47. The van der Waals surface area contributed by atoms with Crippen LogP contribution in [0.25, 0.3) is 0 Å². The number of aliphatic hydroxyl groups is 1. The van der Waals surface area contributed by atoms with Gasteiger partial charge in [-0.15, -0.1) is 0 Å². The first-order valence-electron chi connectivity index (χ1n) is 11.0. The highest BCUT2D eigenvalue weighted by Crippen LogP contribution is 2.34. The molecule has 3 N–H and O–H groups in total. The molecule has 2 aromatic carbocycles. The highest BCUT2D eigenvalue weighted by molar-refractivity contribution is 7.89. The van der Waals surface area contributed by atoms with Gasteiger partial charge in [-0.1, -0.05) is 26.0 Å². The fourth-order valence-electron chi connectivity index (χ4n) is 3.50. The van der Waals surface area contributed by atoms with Crippen molar-refractivity contribution >= 4 is 10.0 Å². The Kier molecular flexibility index (Phi) is 8.52. The number of rotatable bonds is 11. The van der Waals surface area contributed by atoms with Gasteiger partial charge in [-0.3, -0.25) is 0 Å². The summed E-state index contributed by atoms with van der Waals surface area (Å²) in [6.45, 7) is 2.26. The van der Waals surface area contributed by atoms with E-state index in [2.05, 4.69) is 4.74 Å². The highest BCUT2D eigenvalue weighted by Gasteiger charge is 2.31. The van der Waals surface area contributed by atoms with E-state index in [-0.39, 0.29) is 42.9 Å². The second-order valence-electron chi connectivity index (χ2n) is 8.71. The number of fused-ring (bicyclic) bond motifs is 1. The molecule has 2 atom stereocenters. The summed E-state index contributed by atoms with van der Waals surface area (Å²) in [5.41, 5.74) is 6.81. The number of alkyl halides is 3. The molecule has 2 aromatic rings. The summed E-state index contributed by atoms with van der Waals surface area (Å²) < 4.78 is 79.9. The average molecular weight is 519 g/mol. The zero-order valence-corrected chi connectivity index (χ0v) is 20.2. The molecule has 194 valence electrons. The maximum atomic E-state index is 13.3. The molecular formula is C23H29F3N2O6S. The van der Waals surface area contributed by atoms with Gasteiger partial charge in [-0.25, -0.2) is 8.42 Å². The largest absolute Gasteiger partial charge is 0.484 e. The minimum atomic E-state index is -4.44. The SMILES string of the molecule is CC(C)CN(CC(O)C(N)Cc1ccc(OCC(F)(F)F)cc1)S(=O)(=O)c1ccc2c(c1)OCO2. The number of ether oxygens (including phenoxy) is 3. The molecule has 0 amide bonds. The van der Waals surface area contributed by atoms with Crippen molar-refractivity contribution in [1.82, 2.24) is 4.31 Å². The number of nitrogens with zero attached hydrogens (tertiary/aromatic N) is 1. The molecule has 35 heavy (non-hydrogen) atoms. The van der Waals surface area contributed by atoms with E-state index in [0.29, 0.717) is 17.1 Å². The lowest BCUT2D eigenvalue weighted by molar-refractivity contribution is -0.153. The van der Waals surface area contributed by atoms with Crippen LogP contribution in [0, 0.1) is 5.92 Å². The van der Waals surface area contributed by atoms with E-state index >= 15 is 0 Å². The Bertz CT molecular complexity index is 1090. The second kappa shape index (κ2) is 11.0. The van der Waals surface area contributed by atoms with Crippen LogP contribution in [0.4, 0.5) is 13.2 Å². The normalized spacial score (nSPS) is 15.5. The minimum absolute atomic E-state index is 0.0115. The molecule has 2 unspecified atom stereocenters. The summed E-state index contributed by atoms with van der Waals surface area (Å²) in [5, 5.41) is 10.7. The lowest BCUT2D eigenvalue weighted by atomic mass is 10.0.